The van der Waals surface area contributed by atoms with Crippen LogP contribution in [0, 0.1) is 0 Å². The molecule has 0 saturated carbocycles. The lowest BCUT2D eigenvalue weighted by Crippen LogP contribution is -2.33. The zero-order chi connectivity index (χ0) is 15.5. The third-order valence-corrected chi connectivity index (χ3v) is 2.34. The van der Waals surface area contributed by atoms with Crippen molar-refractivity contribution in [1.82, 2.24) is 5.32 Å². The van der Waals surface area contributed by atoms with E-state index >= 15 is 0 Å². The lowest BCUT2D eigenvalue weighted by atomic mass is 10.2. The standard InChI is InChI=1S/C10H13NO2.C3H7NO3/c1-8(10(12)13)11-7-9-5-3-2-4-6-9;4-2(1-5)3(6)7/h2-6,8,11H,7H2,1H3,(H,12,13);2,5H,1,4H2,(H,6,7). The van der Waals surface area contributed by atoms with Crippen molar-refractivity contribution < 1.29 is 24.9 Å². The number of carboxylic acid groups (broad SMARTS) is 2. The molecule has 0 radical (unpaired) electrons. The molecule has 7 heteroatoms. The maximum atomic E-state index is 10.5. The second-order valence-corrected chi connectivity index (χ2v) is 4.05. The van der Waals surface area contributed by atoms with E-state index in [0.29, 0.717) is 6.54 Å². The normalized spacial score (nSPS) is 12.8. The van der Waals surface area contributed by atoms with E-state index in [1.807, 2.05) is 30.3 Å². The summed E-state index contributed by atoms with van der Waals surface area (Å²) in [6, 6.07) is 8.10. The van der Waals surface area contributed by atoms with Gasteiger partial charge in [-0.2, -0.15) is 0 Å². The third kappa shape index (κ3) is 8.20. The Morgan fingerprint density at radius 3 is 2.10 bits per heavy atom. The van der Waals surface area contributed by atoms with Crippen molar-refractivity contribution in [3.8, 4) is 0 Å². The smallest absolute Gasteiger partial charge is 0.322 e. The number of aliphatic carboxylic acids is 2. The van der Waals surface area contributed by atoms with Gasteiger partial charge in [0.2, 0.25) is 0 Å². The van der Waals surface area contributed by atoms with Gasteiger partial charge in [-0.3, -0.25) is 9.59 Å². The van der Waals surface area contributed by atoms with Crippen LogP contribution in [0.1, 0.15) is 12.5 Å². The second-order valence-electron chi connectivity index (χ2n) is 4.05. The molecule has 20 heavy (non-hydrogen) atoms. The van der Waals surface area contributed by atoms with Crippen LogP contribution >= 0.6 is 0 Å². The van der Waals surface area contributed by atoms with E-state index in [4.69, 9.17) is 21.1 Å². The minimum Gasteiger partial charge on any atom is -0.480 e. The Morgan fingerprint density at radius 2 is 1.75 bits per heavy atom. The molecule has 0 fully saturated rings. The summed E-state index contributed by atoms with van der Waals surface area (Å²) in [6.07, 6.45) is 0. The van der Waals surface area contributed by atoms with Crippen molar-refractivity contribution in [2.45, 2.75) is 25.6 Å². The number of hydrogen-bond donors (Lipinski definition) is 5. The second kappa shape index (κ2) is 9.90. The number of aliphatic hydroxyl groups excluding tert-OH is 1. The summed E-state index contributed by atoms with van der Waals surface area (Å²) in [5.74, 6) is -2.00. The highest BCUT2D eigenvalue weighted by Gasteiger charge is 2.08. The van der Waals surface area contributed by atoms with E-state index in [-0.39, 0.29) is 0 Å². The predicted octanol–water partition coefficient (Wildman–Crippen LogP) is -0.360. The van der Waals surface area contributed by atoms with Gasteiger partial charge in [0.25, 0.3) is 0 Å². The SMILES string of the molecule is CC(NCc1ccccc1)C(=O)O.NC(CO)C(=O)O. The van der Waals surface area contributed by atoms with Gasteiger partial charge in [-0.15, -0.1) is 0 Å². The summed E-state index contributed by atoms with van der Waals surface area (Å²) in [7, 11) is 0. The van der Waals surface area contributed by atoms with Crippen LogP contribution in [0.15, 0.2) is 30.3 Å². The predicted molar refractivity (Wildman–Crippen MR) is 73.1 cm³/mol. The summed E-state index contributed by atoms with van der Waals surface area (Å²) in [6.45, 7) is 1.72. The Labute approximate surface area is 117 Å². The van der Waals surface area contributed by atoms with Gasteiger partial charge in [0.15, 0.2) is 0 Å². The molecule has 2 unspecified atom stereocenters. The lowest BCUT2D eigenvalue weighted by molar-refractivity contribution is -0.140. The zero-order valence-corrected chi connectivity index (χ0v) is 11.2. The Morgan fingerprint density at radius 1 is 1.20 bits per heavy atom. The van der Waals surface area contributed by atoms with E-state index in [0.717, 1.165) is 5.56 Å². The van der Waals surface area contributed by atoms with E-state index in [1.165, 1.54) is 0 Å². The summed E-state index contributed by atoms with van der Waals surface area (Å²) in [5, 5.41) is 27.4. The van der Waals surface area contributed by atoms with Crippen LogP contribution in [0.4, 0.5) is 0 Å². The summed E-state index contributed by atoms with van der Waals surface area (Å²) >= 11 is 0. The Kier molecular flexibility index (Phi) is 8.93. The first kappa shape index (κ1) is 18.0. The molecule has 1 rings (SSSR count). The summed E-state index contributed by atoms with van der Waals surface area (Å²) in [4.78, 5) is 20.1. The fourth-order valence-corrected chi connectivity index (χ4v) is 1.03. The van der Waals surface area contributed by atoms with Crippen LogP contribution in [-0.2, 0) is 16.1 Å². The first-order chi connectivity index (χ1) is 9.38. The average Bonchev–Trinajstić information content (AvgIpc) is 2.45. The number of nitrogens with two attached hydrogens (primary N) is 1. The molecule has 0 aromatic heterocycles. The molecule has 0 bridgehead atoms. The fourth-order valence-electron chi connectivity index (χ4n) is 1.03. The summed E-state index contributed by atoms with van der Waals surface area (Å²) < 4.78 is 0. The van der Waals surface area contributed by atoms with Gasteiger partial charge in [-0.1, -0.05) is 30.3 Å². The van der Waals surface area contributed by atoms with E-state index in [9.17, 15) is 9.59 Å². The monoisotopic (exact) mass is 284 g/mol. The van der Waals surface area contributed by atoms with Crippen LogP contribution in [0.5, 0.6) is 0 Å². The molecule has 112 valence electrons. The quantitative estimate of drug-likeness (QED) is 0.481. The third-order valence-electron chi connectivity index (χ3n) is 2.34. The average molecular weight is 284 g/mol. The molecular formula is C13H20N2O5. The first-order valence-corrected chi connectivity index (χ1v) is 5.97. The Hall–Kier alpha value is -1.96. The molecule has 0 aliphatic heterocycles. The molecule has 0 aliphatic carbocycles. The number of rotatable bonds is 6. The van der Waals surface area contributed by atoms with Gasteiger partial charge in [0.05, 0.1) is 6.61 Å². The van der Waals surface area contributed by atoms with Gasteiger partial charge in [-0.05, 0) is 12.5 Å². The van der Waals surface area contributed by atoms with Crippen LogP contribution in [-0.4, -0.2) is 45.9 Å². The molecule has 6 N–H and O–H groups in total. The number of hydrogen-bond acceptors (Lipinski definition) is 5. The highest BCUT2D eigenvalue weighted by molar-refractivity contribution is 5.73. The minimum absolute atomic E-state index is 0.500. The molecule has 7 nitrogen and oxygen atoms in total. The Balaban J connectivity index is 0.000000441. The van der Waals surface area contributed by atoms with Gasteiger partial charge >= 0.3 is 11.9 Å². The van der Waals surface area contributed by atoms with Gasteiger partial charge < -0.3 is 26.4 Å². The number of carboxylic acids is 2. The highest BCUT2D eigenvalue weighted by atomic mass is 16.4. The van der Waals surface area contributed by atoms with E-state index in [1.54, 1.807) is 6.92 Å². The minimum atomic E-state index is -1.18. The lowest BCUT2D eigenvalue weighted by Gasteiger charge is -2.08. The van der Waals surface area contributed by atoms with Crippen molar-refractivity contribution in [3.63, 3.8) is 0 Å². The van der Waals surface area contributed by atoms with Crippen molar-refractivity contribution in [2.24, 2.45) is 5.73 Å². The number of benzene rings is 1. The van der Waals surface area contributed by atoms with Crippen LogP contribution in [0.2, 0.25) is 0 Å². The molecule has 0 saturated heterocycles. The Bertz CT molecular complexity index is 410. The highest BCUT2D eigenvalue weighted by Crippen LogP contribution is 1.97. The van der Waals surface area contributed by atoms with E-state index in [2.05, 4.69) is 5.32 Å². The maximum Gasteiger partial charge on any atom is 0.322 e. The van der Waals surface area contributed by atoms with Crippen LogP contribution < -0.4 is 11.1 Å². The van der Waals surface area contributed by atoms with Crippen molar-refractivity contribution >= 4 is 11.9 Å². The number of nitrogens with one attached hydrogen (secondary N) is 1. The maximum absolute atomic E-state index is 10.5. The van der Waals surface area contributed by atoms with Gasteiger partial charge in [0, 0.05) is 6.54 Å². The molecule has 0 amide bonds. The van der Waals surface area contributed by atoms with Crippen molar-refractivity contribution in [1.29, 1.82) is 0 Å². The molecule has 1 aromatic rings. The van der Waals surface area contributed by atoms with Crippen molar-refractivity contribution in [2.75, 3.05) is 6.61 Å². The summed E-state index contributed by atoms with van der Waals surface area (Å²) in [5.41, 5.74) is 5.86. The molecule has 2 atom stereocenters. The molecular weight excluding hydrogens is 264 g/mol. The molecule has 0 aliphatic rings. The van der Waals surface area contributed by atoms with Crippen molar-refractivity contribution in [3.05, 3.63) is 35.9 Å². The van der Waals surface area contributed by atoms with Gasteiger partial charge in [0.1, 0.15) is 12.1 Å². The largest absolute Gasteiger partial charge is 0.480 e. The molecule has 0 spiro atoms. The number of aliphatic hydroxyl groups is 1. The van der Waals surface area contributed by atoms with Crippen LogP contribution in [0.25, 0.3) is 0 Å². The zero-order valence-electron chi connectivity index (χ0n) is 11.2. The number of carbonyl (C=O) groups is 2. The van der Waals surface area contributed by atoms with E-state index < -0.39 is 30.6 Å². The molecule has 0 heterocycles. The first-order valence-electron chi connectivity index (χ1n) is 5.97. The topological polar surface area (TPSA) is 133 Å². The fraction of sp³-hybridized carbons (Fsp3) is 0.385. The molecule has 1 aromatic carbocycles. The van der Waals surface area contributed by atoms with Crippen LogP contribution in [0.3, 0.4) is 0 Å². The van der Waals surface area contributed by atoms with Gasteiger partial charge in [-0.25, -0.2) is 0 Å².